The second-order valence-electron chi connectivity index (χ2n) is 4.52. The maximum absolute atomic E-state index is 9.82. The van der Waals surface area contributed by atoms with Crippen molar-refractivity contribution in [3.8, 4) is 0 Å². The minimum absolute atomic E-state index is 0.185. The lowest BCUT2D eigenvalue weighted by Gasteiger charge is -2.15. The lowest BCUT2D eigenvalue weighted by Crippen LogP contribution is -2.12. The maximum atomic E-state index is 9.82. The topological polar surface area (TPSA) is 20.2 Å². The molecule has 0 saturated heterocycles. The number of aryl methyl sites for hydroxylation is 3. The van der Waals surface area contributed by atoms with Gasteiger partial charge in [-0.1, -0.05) is 31.0 Å². The summed E-state index contributed by atoms with van der Waals surface area (Å²) in [4.78, 5) is 0. The fourth-order valence-electron chi connectivity index (χ4n) is 2.20. The molecule has 1 aromatic rings. The number of hydrogen-bond acceptors (Lipinski definition) is 1. The fraction of sp³-hybridized carbons (Fsp3) is 0.571. The molecule has 1 aromatic carbocycles. The van der Waals surface area contributed by atoms with E-state index in [1.54, 1.807) is 0 Å². The summed E-state index contributed by atoms with van der Waals surface area (Å²) in [7, 11) is 0. The lowest BCUT2D eigenvalue weighted by molar-refractivity contribution is 0.163. The number of aliphatic hydroxyl groups excluding tert-OH is 1. The molecule has 1 rings (SSSR count). The molecule has 1 atom stereocenters. The van der Waals surface area contributed by atoms with Crippen LogP contribution in [0.5, 0.6) is 0 Å². The van der Waals surface area contributed by atoms with Gasteiger partial charge in [-0.3, -0.25) is 0 Å². The first kappa shape index (κ1) is 12.3. The SMILES string of the molecule is CCCC(O)Cc1c(C)cc(C)cc1C. The quantitative estimate of drug-likeness (QED) is 0.801. The molecular weight excluding hydrogens is 184 g/mol. The van der Waals surface area contributed by atoms with Crippen LogP contribution in [0, 0.1) is 20.8 Å². The molecule has 1 heteroatoms. The van der Waals surface area contributed by atoms with Gasteiger partial charge in [0.2, 0.25) is 0 Å². The van der Waals surface area contributed by atoms with Crippen LogP contribution in [0.25, 0.3) is 0 Å². The van der Waals surface area contributed by atoms with E-state index in [2.05, 4.69) is 39.8 Å². The van der Waals surface area contributed by atoms with Crippen LogP contribution in [0.1, 0.15) is 42.0 Å². The first-order valence-corrected chi connectivity index (χ1v) is 5.79. The minimum atomic E-state index is -0.185. The third-order valence-electron chi connectivity index (χ3n) is 2.90. The van der Waals surface area contributed by atoms with Crippen molar-refractivity contribution in [3.05, 3.63) is 34.4 Å². The summed E-state index contributed by atoms with van der Waals surface area (Å²) in [5.74, 6) is 0. The first-order chi connectivity index (χ1) is 7.04. The zero-order chi connectivity index (χ0) is 11.4. The second kappa shape index (κ2) is 5.32. The number of aliphatic hydroxyl groups is 1. The summed E-state index contributed by atoms with van der Waals surface area (Å²) in [6, 6.07) is 4.39. The van der Waals surface area contributed by atoms with E-state index in [1.165, 1.54) is 22.3 Å². The molecule has 0 spiro atoms. The van der Waals surface area contributed by atoms with Crippen LogP contribution in [0.2, 0.25) is 0 Å². The second-order valence-corrected chi connectivity index (χ2v) is 4.52. The van der Waals surface area contributed by atoms with E-state index in [1.807, 2.05) is 0 Å². The predicted molar refractivity (Wildman–Crippen MR) is 65.3 cm³/mol. The van der Waals surface area contributed by atoms with Crippen molar-refractivity contribution in [1.29, 1.82) is 0 Å². The first-order valence-electron chi connectivity index (χ1n) is 5.79. The zero-order valence-corrected chi connectivity index (χ0v) is 10.3. The van der Waals surface area contributed by atoms with Crippen molar-refractivity contribution >= 4 is 0 Å². The highest BCUT2D eigenvalue weighted by molar-refractivity contribution is 5.37. The molecule has 0 aliphatic rings. The van der Waals surface area contributed by atoms with Crippen molar-refractivity contribution in [2.75, 3.05) is 0 Å². The molecular formula is C14H22O. The van der Waals surface area contributed by atoms with Crippen LogP contribution in [-0.4, -0.2) is 11.2 Å². The predicted octanol–water partition coefficient (Wildman–Crippen LogP) is 3.32. The smallest absolute Gasteiger partial charge is 0.0580 e. The van der Waals surface area contributed by atoms with Gasteiger partial charge in [0.15, 0.2) is 0 Å². The lowest BCUT2D eigenvalue weighted by atomic mass is 9.94. The van der Waals surface area contributed by atoms with Crippen LogP contribution in [0.15, 0.2) is 12.1 Å². The molecule has 0 aromatic heterocycles. The van der Waals surface area contributed by atoms with Crippen molar-refractivity contribution in [2.24, 2.45) is 0 Å². The Labute approximate surface area is 93.1 Å². The van der Waals surface area contributed by atoms with Crippen LogP contribution < -0.4 is 0 Å². The van der Waals surface area contributed by atoms with Crippen molar-refractivity contribution < 1.29 is 5.11 Å². The van der Waals surface area contributed by atoms with E-state index >= 15 is 0 Å². The summed E-state index contributed by atoms with van der Waals surface area (Å²) in [5.41, 5.74) is 5.24. The molecule has 0 radical (unpaired) electrons. The molecule has 0 fully saturated rings. The molecule has 84 valence electrons. The number of benzene rings is 1. The van der Waals surface area contributed by atoms with E-state index in [-0.39, 0.29) is 6.10 Å². The third-order valence-corrected chi connectivity index (χ3v) is 2.90. The van der Waals surface area contributed by atoms with Gasteiger partial charge in [-0.2, -0.15) is 0 Å². The summed E-state index contributed by atoms with van der Waals surface area (Å²) in [5, 5.41) is 9.82. The molecule has 0 bridgehead atoms. The molecule has 0 heterocycles. The Bertz CT molecular complexity index is 305. The van der Waals surface area contributed by atoms with Crippen molar-refractivity contribution in [3.63, 3.8) is 0 Å². The number of rotatable bonds is 4. The van der Waals surface area contributed by atoms with E-state index in [0.29, 0.717) is 0 Å². The highest BCUT2D eigenvalue weighted by Crippen LogP contribution is 2.19. The summed E-state index contributed by atoms with van der Waals surface area (Å²) in [6.45, 7) is 8.49. The van der Waals surface area contributed by atoms with Crippen molar-refractivity contribution in [1.82, 2.24) is 0 Å². The molecule has 0 amide bonds. The van der Waals surface area contributed by atoms with Gasteiger partial charge < -0.3 is 5.11 Å². The van der Waals surface area contributed by atoms with Gasteiger partial charge >= 0.3 is 0 Å². The van der Waals surface area contributed by atoms with E-state index in [0.717, 1.165) is 19.3 Å². The standard InChI is InChI=1S/C14H22O/c1-5-6-13(15)9-14-11(3)7-10(2)8-12(14)4/h7-8,13,15H,5-6,9H2,1-4H3. The summed E-state index contributed by atoms with van der Waals surface area (Å²) < 4.78 is 0. The Morgan fingerprint density at radius 2 is 1.67 bits per heavy atom. The van der Waals surface area contributed by atoms with Gasteiger partial charge in [-0.25, -0.2) is 0 Å². The largest absolute Gasteiger partial charge is 0.393 e. The van der Waals surface area contributed by atoms with E-state index in [9.17, 15) is 5.11 Å². The van der Waals surface area contributed by atoms with Crippen LogP contribution in [0.4, 0.5) is 0 Å². The average Bonchev–Trinajstić information content (AvgIpc) is 2.11. The third kappa shape index (κ3) is 3.35. The minimum Gasteiger partial charge on any atom is -0.393 e. The normalized spacial score (nSPS) is 12.9. The summed E-state index contributed by atoms with van der Waals surface area (Å²) in [6.07, 6.45) is 2.55. The molecule has 1 unspecified atom stereocenters. The van der Waals surface area contributed by atoms with Gasteiger partial charge in [0.05, 0.1) is 6.10 Å². The Kier molecular flexibility index (Phi) is 4.34. The highest BCUT2D eigenvalue weighted by Gasteiger charge is 2.09. The molecule has 0 saturated carbocycles. The molecule has 1 nitrogen and oxygen atoms in total. The van der Waals surface area contributed by atoms with Gasteiger partial charge in [-0.05, 0) is 50.3 Å². The Hall–Kier alpha value is -0.820. The highest BCUT2D eigenvalue weighted by atomic mass is 16.3. The molecule has 0 aliphatic heterocycles. The average molecular weight is 206 g/mol. The zero-order valence-electron chi connectivity index (χ0n) is 10.3. The Morgan fingerprint density at radius 1 is 1.13 bits per heavy atom. The Balaban J connectivity index is 2.85. The van der Waals surface area contributed by atoms with E-state index in [4.69, 9.17) is 0 Å². The number of hydrogen-bond donors (Lipinski definition) is 1. The van der Waals surface area contributed by atoms with Crippen molar-refractivity contribution in [2.45, 2.75) is 53.1 Å². The Morgan fingerprint density at radius 3 is 2.13 bits per heavy atom. The van der Waals surface area contributed by atoms with Crippen LogP contribution in [-0.2, 0) is 6.42 Å². The monoisotopic (exact) mass is 206 g/mol. The van der Waals surface area contributed by atoms with Gasteiger partial charge in [0.1, 0.15) is 0 Å². The van der Waals surface area contributed by atoms with Gasteiger partial charge in [0.25, 0.3) is 0 Å². The summed E-state index contributed by atoms with van der Waals surface area (Å²) >= 11 is 0. The van der Waals surface area contributed by atoms with Gasteiger partial charge in [-0.15, -0.1) is 0 Å². The molecule has 15 heavy (non-hydrogen) atoms. The fourth-order valence-corrected chi connectivity index (χ4v) is 2.20. The maximum Gasteiger partial charge on any atom is 0.0580 e. The van der Waals surface area contributed by atoms with E-state index < -0.39 is 0 Å². The molecule has 0 aliphatic carbocycles. The van der Waals surface area contributed by atoms with Crippen LogP contribution >= 0.6 is 0 Å². The molecule has 1 N–H and O–H groups in total. The van der Waals surface area contributed by atoms with Crippen LogP contribution in [0.3, 0.4) is 0 Å². The van der Waals surface area contributed by atoms with Gasteiger partial charge in [0, 0.05) is 0 Å².